The van der Waals surface area contributed by atoms with Crippen molar-refractivity contribution in [3.8, 4) is 6.01 Å². The number of ether oxygens (including phenoxy) is 3. The monoisotopic (exact) mass is 283 g/mol. The molecule has 0 aromatic carbocycles. The van der Waals surface area contributed by atoms with Gasteiger partial charge in [0.1, 0.15) is 6.10 Å². The molecule has 2 N–H and O–H groups in total. The smallest absolute Gasteiger partial charge is 0.323 e. The lowest BCUT2D eigenvalue weighted by Crippen LogP contribution is -2.37. The summed E-state index contributed by atoms with van der Waals surface area (Å²) in [5.41, 5.74) is 5.71. The minimum Gasteiger partial charge on any atom is -0.458 e. The number of hydrogen-bond donors (Lipinski definition) is 1. The SMILES string of the molecule is CCOCC(C)Oc1nc(N)nc(N2CCOCC2)n1. The number of anilines is 2. The van der Waals surface area contributed by atoms with Crippen LogP contribution in [-0.4, -0.2) is 60.6 Å². The van der Waals surface area contributed by atoms with Crippen LogP contribution < -0.4 is 15.4 Å². The van der Waals surface area contributed by atoms with Gasteiger partial charge in [-0.15, -0.1) is 0 Å². The van der Waals surface area contributed by atoms with Crippen molar-refractivity contribution in [3.05, 3.63) is 0 Å². The van der Waals surface area contributed by atoms with Crippen LogP contribution in [0.25, 0.3) is 0 Å². The number of nitrogens with zero attached hydrogens (tertiary/aromatic N) is 4. The van der Waals surface area contributed by atoms with E-state index < -0.39 is 0 Å². The molecule has 1 fully saturated rings. The van der Waals surface area contributed by atoms with Crippen molar-refractivity contribution in [2.24, 2.45) is 0 Å². The second-order valence-electron chi connectivity index (χ2n) is 4.46. The highest BCUT2D eigenvalue weighted by molar-refractivity contribution is 5.36. The van der Waals surface area contributed by atoms with Crippen LogP contribution in [0.5, 0.6) is 6.01 Å². The quantitative estimate of drug-likeness (QED) is 0.785. The van der Waals surface area contributed by atoms with Gasteiger partial charge in [-0.2, -0.15) is 15.0 Å². The molecule has 0 saturated carbocycles. The zero-order valence-electron chi connectivity index (χ0n) is 11.9. The van der Waals surface area contributed by atoms with Crippen LogP contribution in [0.4, 0.5) is 11.9 Å². The molecule has 1 saturated heterocycles. The lowest BCUT2D eigenvalue weighted by molar-refractivity contribution is 0.0606. The van der Waals surface area contributed by atoms with E-state index in [1.807, 2.05) is 18.7 Å². The summed E-state index contributed by atoms with van der Waals surface area (Å²) in [5.74, 6) is 0.680. The van der Waals surface area contributed by atoms with Gasteiger partial charge in [0.2, 0.25) is 11.9 Å². The fourth-order valence-corrected chi connectivity index (χ4v) is 1.82. The molecule has 1 aliphatic heterocycles. The first-order valence-electron chi connectivity index (χ1n) is 6.77. The fraction of sp³-hybridized carbons (Fsp3) is 0.750. The van der Waals surface area contributed by atoms with Crippen molar-refractivity contribution < 1.29 is 14.2 Å². The Morgan fingerprint density at radius 1 is 1.30 bits per heavy atom. The van der Waals surface area contributed by atoms with Gasteiger partial charge in [-0.05, 0) is 13.8 Å². The van der Waals surface area contributed by atoms with Gasteiger partial charge in [0.25, 0.3) is 0 Å². The van der Waals surface area contributed by atoms with Gasteiger partial charge in [0, 0.05) is 19.7 Å². The molecule has 112 valence electrons. The number of morpholine rings is 1. The van der Waals surface area contributed by atoms with E-state index in [9.17, 15) is 0 Å². The first-order valence-corrected chi connectivity index (χ1v) is 6.77. The third-order valence-corrected chi connectivity index (χ3v) is 2.78. The Kier molecular flexibility index (Phi) is 5.31. The average molecular weight is 283 g/mol. The third-order valence-electron chi connectivity index (χ3n) is 2.78. The van der Waals surface area contributed by atoms with Crippen LogP contribution in [0, 0.1) is 0 Å². The highest BCUT2D eigenvalue weighted by Gasteiger charge is 2.17. The van der Waals surface area contributed by atoms with Crippen LogP contribution in [0.3, 0.4) is 0 Å². The minimum absolute atomic E-state index is 0.144. The molecule has 1 atom stereocenters. The molecule has 20 heavy (non-hydrogen) atoms. The molecule has 0 radical (unpaired) electrons. The van der Waals surface area contributed by atoms with Crippen molar-refractivity contribution in [2.45, 2.75) is 20.0 Å². The van der Waals surface area contributed by atoms with Gasteiger partial charge in [-0.25, -0.2) is 0 Å². The lowest BCUT2D eigenvalue weighted by atomic mass is 10.4. The van der Waals surface area contributed by atoms with Crippen molar-refractivity contribution in [2.75, 3.05) is 50.2 Å². The summed E-state index contributed by atoms with van der Waals surface area (Å²) >= 11 is 0. The van der Waals surface area contributed by atoms with E-state index in [1.54, 1.807) is 0 Å². The number of hydrogen-bond acceptors (Lipinski definition) is 8. The van der Waals surface area contributed by atoms with Gasteiger partial charge >= 0.3 is 6.01 Å². The van der Waals surface area contributed by atoms with Gasteiger partial charge in [0.15, 0.2) is 0 Å². The van der Waals surface area contributed by atoms with Crippen molar-refractivity contribution in [1.29, 1.82) is 0 Å². The third kappa shape index (κ3) is 4.17. The van der Waals surface area contributed by atoms with Gasteiger partial charge < -0.3 is 24.8 Å². The van der Waals surface area contributed by atoms with Crippen LogP contribution in [0.1, 0.15) is 13.8 Å². The van der Waals surface area contributed by atoms with E-state index >= 15 is 0 Å². The van der Waals surface area contributed by atoms with Crippen LogP contribution in [0.15, 0.2) is 0 Å². The van der Waals surface area contributed by atoms with E-state index in [-0.39, 0.29) is 18.1 Å². The largest absolute Gasteiger partial charge is 0.458 e. The Labute approximate surface area is 118 Å². The minimum atomic E-state index is -0.144. The van der Waals surface area contributed by atoms with E-state index in [0.29, 0.717) is 32.4 Å². The van der Waals surface area contributed by atoms with E-state index in [4.69, 9.17) is 19.9 Å². The number of nitrogens with two attached hydrogens (primary N) is 1. The second-order valence-corrected chi connectivity index (χ2v) is 4.46. The molecule has 0 aliphatic carbocycles. The molecule has 0 spiro atoms. The average Bonchev–Trinajstić information content (AvgIpc) is 2.45. The summed E-state index contributed by atoms with van der Waals surface area (Å²) in [6, 6.07) is 0.228. The first-order chi connectivity index (χ1) is 9.69. The highest BCUT2D eigenvalue weighted by Crippen LogP contribution is 2.15. The fourth-order valence-electron chi connectivity index (χ4n) is 1.82. The zero-order valence-corrected chi connectivity index (χ0v) is 11.9. The molecule has 1 aliphatic rings. The summed E-state index contributed by atoms with van der Waals surface area (Å²) in [7, 11) is 0. The van der Waals surface area contributed by atoms with Crippen molar-refractivity contribution in [3.63, 3.8) is 0 Å². The molecule has 0 bridgehead atoms. The van der Waals surface area contributed by atoms with Crippen LogP contribution in [0.2, 0.25) is 0 Å². The normalized spacial score (nSPS) is 17.0. The summed E-state index contributed by atoms with van der Waals surface area (Å²) in [5, 5.41) is 0. The molecule has 0 amide bonds. The van der Waals surface area contributed by atoms with E-state index in [0.717, 1.165) is 13.1 Å². The maximum atomic E-state index is 5.71. The van der Waals surface area contributed by atoms with Crippen LogP contribution >= 0.6 is 0 Å². The van der Waals surface area contributed by atoms with Gasteiger partial charge in [-0.3, -0.25) is 0 Å². The predicted molar refractivity (Wildman–Crippen MR) is 73.9 cm³/mol. The standard InChI is InChI=1S/C12H21N5O3/c1-3-18-8-9(2)20-12-15-10(13)14-11(16-12)17-4-6-19-7-5-17/h9H,3-8H2,1-2H3,(H2,13,14,15,16). The molecule has 1 aromatic rings. The molecule has 2 rings (SSSR count). The molecular weight excluding hydrogens is 262 g/mol. The van der Waals surface area contributed by atoms with Crippen molar-refractivity contribution >= 4 is 11.9 Å². The maximum absolute atomic E-state index is 5.71. The Hall–Kier alpha value is -1.67. The predicted octanol–water partition coefficient (Wildman–Crippen LogP) is 0.0942. The summed E-state index contributed by atoms with van der Waals surface area (Å²) < 4.78 is 16.2. The van der Waals surface area contributed by atoms with Crippen LogP contribution in [-0.2, 0) is 9.47 Å². The van der Waals surface area contributed by atoms with Crippen molar-refractivity contribution in [1.82, 2.24) is 15.0 Å². The molecule has 8 nitrogen and oxygen atoms in total. The highest BCUT2D eigenvalue weighted by atomic mass is 16.5. The molecule has 1 aromatic heterocycles. The van der Waals surface area contributed by atoms with E-state index in [1.165, 1.54) is 0 Å². The molecular formula is C12H21N5O3. The Balaban J connectivity index is 2.03. The Morgan fingerprint density at radius 3 is 2.75 bits per heavy atom. The summed E-state index contributed by atoms with van der Waals surface area (Å²) in [6.45, 7) is 7.73. The number of aromatic nitrogens is 3. The molecule has 2 heterocycles. The second kappa shape index (κ2) is 7.20. The Bertz CT molecular complexity index is 426. The Morgan fingerprint density at radius 2 is 2.05 bits per heavy atom. The molecule has 1 unspecified atom stereocenters. The number of nitrogen functional groups attached to an aromatic ring is 1. The van der Waals surface area contributed by atoms with E-state index in [2.05, 4.69) is 15.0 Å². The zero-order chi connectivity index (χ0) is 14.4. The lowest BCUT2D eigenvalue weighted by Gasteiger charge is -2.26. The number of rotatable bonds is 6. The van der Waals surface area contributed by atoms with Gasteiger partial charge in [0.05, 0.1) is 19.8 Å². The van der Waals surface area contributed by atoms with Gasteiger partial charge in [-0.1, -0.05) is 0 Å². The molecule has 8 heteroatoms. The summed E-state index contributed by atoms with van der Waals surface area (Å²) in [6.07, 6.45) is -0.144. The summed E-state index contributed by atoms with van der Waals surface area (Å²) in [4.78, 5) is 14.4. The topological polar surface area (TPSA) is 95.6 Å². The first kappa shape index (κ1) is 14.7. The maximum Gasteiger partial charge on any atom is 0.323 e.